The molecule has 0 aromatic rings. The van der Waals surface area contributed by atoms with Gasteiger partial charge in [0.15, 0.2) is 0 Å². The Bertz CT molecular complexity index is 160. The van der Waals surface area contributed by atoms with Gasteiger partial charge < -0.3 is 5.32 Å². The molecule has 0 saturated carbocycles. The molecule has 0 bridgehead atoms. The number of nitrogens with one attached hydrogen (secondary N) is 1. The molecule has 0 aliphatic heterocycles. The fourth-order valence-electron chi connectivity index (χ4n) is 0.883. The molecule has 0 aliphatic rings. The highest BCUT2D eigenvalue weighted by Gasteiger charge is 1.91. The van der Waals surface area contributed by atoms with Crippen LogP contribution in [0.2, 0.25) is 0 Å². The van der Waals surface area contributed by atoms with E-state index < -0.39 is 0 Å². The quantitative estimate of drug-likeness (QED) is 0.281. The number of hydrogen-bond donors (Lipinski definition) is 1. The molecule has 0 saturated heterocycles. The lowest BCUT2D eigenvalue weighted by molar-refractivity contribution is -0.460. The molecule has 1 N–H and O–H groups in total. The van der Waals surface area contributed by atoms with Crippen LogP contribution in [0.3, 0.4) is 0 Å². The molecule has 70 valence electrons. The molecular formula is C9H19N2O+. The number of rotatable bonds is 5. The highest BCUT2D eigenvalue weighted by Crippen LogP contribution is 1.90. The minimum atomic E-state index is 0.0617. The molecule has 0 radical (unpaired) electrons. The van der Waals surface area contributed by atoms with Crippen molar-refractivity contribution in [3.05, 3.63) is 0 Å². The molecule has 0 atom stereocenters. The van der Waals surface area contributed by atoms with E-state index in [1.165, 1.54) is 0 Å². The summed E-state index contributed by atoms with van der Waals surface area (Å²) in [5, 5.41) is 2.77. The SMILES string of the molecule is C[13C](=O)NCCCC/C=[N+](/C)[13CH3]. The number of nitrogens with zero attached hydrogens (tertiary/aromatic N) is 1. The Morgan fingerprint density at radius 2 is 2.08 bits per heavy atom. The minimum Gasteiger partial charge on any atom is -0.356 e. The van der Waals surface area contributed by atoms with E-state index in [1.54, 1.807) is 6.92 Å². The van der Waals surface area contributed by atoms with Gasteiger partial charge in [0.1, 0.15) is 20.3 Å². The van der Waals surface area contributed by atoms with E-state index in [9.17, 15) is 4.79 Å². The largest absolute Gasteiger partial charge is 0.356 e. The summed E-state index contributed by atoms with van der Waals surface area (Å²) < 4.78 is 2.05. The summed E-state index contributed by atoms with van der Waals surface area (Å²) in [6.45, 7) is 2.35. The molecule has 12 heavy (non-hydrogen) atoms. The maximum absolute atomic E-state index is 10.5. The van der Waals surface area contributed by atoms with Gasteiger partial charge in [0, 0.05) is 19.9 Å². The molecule has 3 nitrogen and oxygen atoms in total. The van der Waals surface area contributed by atoms with Crippen molar-refractivity contribution in [3.8, 4) is 0 Å². The standard InChI is InChI=1S/C9H18N2O/c1-9(12)10-7-5-4-6-8-11(2)3/h8H,4-7H2,1-3H3/p+1/i2+1,9+1/b11-8+. The molecular weight excluding hydrogens is 154 g/mol. The first-order valence-electron chi connectivity index (χ1n) is 4.37. The van der Waals surface area contributed by atoms with Crippen molar-refractivity contribution >= 4 is 12.1 Å². The molecule has 0 aliphatic carbocycles. The number of carbonyl (C=O) groups is 1. The second-order valence-electron chi connectivity index (χ2n) is 3.12. The van der Waals surface area contributed by atoms with E-state index in [4.69, 9.17) is 0 Å². The van der Waals surface area contributed by atoms with Crippen molar-refractivity contribution in [1.82, 2.24) is 5.32 Å². The van der Waals surface area contributed by atoms with Crippen molar-refractivity contribution in [2.45, 2.75) is 26.2 Å². The zero-order valence-corrected chi connectivity index (χ0v) is 8.26. The molecule has 0 unspecified atom stereocenters. The topological polar surface area (TPSA) is 32.1 Å². The fraction of sp³-hybridized carbons (Fsp3) is 0.778. The summed E-state index contributed by atoms with van der Waals surface area (Å²) in [6.07, 6.45) is 5.43. The minimum absolute atomic E-state index is 0.0617. The second-order valence-corrected chi connectivity index (χ2v) is 3.12. The second kappa shape index (κ2) is 6.83. The molecule has 0 fully saturated rings. The van der Waals surface area contributed by atoms with Crippen LogP contribution in [0.1, 0.15) is 26.2 Å². The van der Waals surface area contributed by atoms with Gasteiger partial charge in [0.05, 0.1) is 0 Å². The van der Waals surface area contributed by atoms with Gasteiger partial charge >= 0.3 is 0 Å². The average molecular weight is 173 g/mol. The van der Waals surface area contributed by atoms with Crippen LogP contribution in [0.15, 0.2) is 0 Å². The van der Waals surface area contributed by atoms with Gasteiger partial charge in [-0.2, -0.15) is 0 Å². The predicted octanol–water partition coefficient (Wildman–Crippen LogP) is 0.636. The van der Waals surface area contributed by atoms with Crippen LogP contribution in [-0.2, 0) is 4.79 Å². The highest BCUT2D eigenvalue weighted by atomic mass is 16.2. The first-order valence-corrected chi connectivity index (χ1v) is 4.37. The smallest absolute Gasteiger partial charge is 0.216 e. The zero-order chi connectivity index (χ0) is 9.40. The van der Waals surface area contributed by atoms with E-state index in [0.29, 0.717) is 0 Å². The number of hydrogen-bond acceptors (Lipinski definition) is 1. The highest BCUT2D eigenvalue weighted by molar-refractivity contribution is 5.72. The lowest BCUT2D eigenvalue weighted by Gasteiger charge is -1.98. The van der Waals surface area contributed by atoms with Crippen molar-refractivity contribution in [2.75, 3.05) is 20.6 Å². The van der Waals surface area contributed by atoms with Crippen LogP contribution in [-0.4, -0.2) is 37.3 Å². The zero-order valence-electron chi connectivity index (χ0n) is 8.26. The van der Waals surface area contributed by atoms with Gasteiger partial charge in [-0.3, -0.25) is 4.79 Å². The Labute approximate surface area is 74.5 Å². The maximum Gasteiger partial charge on any atom is 0.216 e. The Balaban J connectivity index is 3.11. The van der Waals surface area contributed by atoms with Gasteiger partial charge in [0.2, 0.25) is 5.91 Å². The monoisotopic (exact) mass is 173 g/mol. The first kappa shape index (κ1) is 11.1. The van der Waals surface area contributed by atoms with Gasteiger partial charge in [-0.05, 0) is 12.8 Å². The molecule has 0 rings (SSSR count). The molecule has 0 heterocycles. The van der Waals surface area contributed by atoms with Crippen molar-refractivity contribution in [1.29, 1.82) is 0 Å². The Kier molecular flexibility index (Phi) is 6.34. The van der Waals surface area contributed by atoms with Gasteiger partial charge in [-0.25, -0.2) is 4.58 Å². The maximum atomic E-state index is 10.5. The molecule has 1 amide bonds. The third kappa shape index (κ3) is 9.14. The van der Waals surface area contributed by atoms with E-state index in [1.807, 2.05) is 14.1 Å². The third-order valence-electron chi connectivity index (χ3n) is 1.50. The van der Waals surface area contributed by atoms with Crippen LogP contribution in [0.4, 0.5) is 0 Å². The van der Waals surface area contributed by atoms with Crippen LogP contribution in [0, 0.1) is 0 Å². The molecule has 0 aromatic carbocycles. The third-order valence-corrected chi connectivity index (χ3v) is 1.50. The van der Waals surface area contributed by atoms with Gasteiger partial charge in [-0.1, -0.05) is 0 Å². The fourth-order valence-corrected chi connectivity index (χ4v) is 0.883. The summed E-state index contributed by atoms with van der Waals surface area (Å²) in [7, 11) is 4.04. The predicted molar refractivity (Wildman–Crippen MR) is 50.7 cm³/mol. The van der Waals surface area contributed by atoms with E-state index in [-0.39, 0.29) is 5.91 Å². The van der Waals surface area contributed by atoms with E-state index in [2.05, 4.69) is 16.1 Å². The van der Waals surface area contributed by atoms with Crippen LogP contribution < -0.4 is 5.32 Å². The first-order chi connectivity index (χ1) is 5.63. The van der Waals surface area contributed by atoms with Crippen LogP contribution in [0.25, 0.3) is 0 Å². The lowest BCUT2D eigenvalue weighted by Crippen LogP contribution is -2.20. The summed E-state index contributed by atoms with van der Waals surface area (Å²) in [5.74, 6) is 0.0617. The summed E-state index contributed by atoms with van der Waals surface area (Å²) in [5.41, 5.74) is 0. The number of unbranched alkanes of at least 4 members (excludes halogenated alkanes) is 2. The summed E-state index contributed by atoms with van der Waals surface area (Å²) >= 11 is 0. The lowest BCUT2D eigenvalue weighted by atomic mass is 10.2. The Hall–Kier alpha value is -0.860. The molecule has 0 spiro atoms. The molecule has 0 aromatic heterocycles. The molecule has 3 heteroatoms. The van der Waals surface area contributed by atoms with Crippen molar-refractivity contribution in [3.63, 3.8) is 0 Å². The number of amides is 1. The van der Waals surface area contributed by atoms with Crippen molar-refractivity contribution < 1.29 is 9.37 Å². The van der Waals surface area contributed by atoms with Crippen molar-refractivity contribution in [2.24, 2.45) is 0 Å². The Morgan fingerprint density at radius 1 is 1.42 bits per heavy atom. The summed E-state index contributed by atoms with van der Waals surface area (Å²) in [6, 6.07) is 0. The average Bonchev–Trinajstić information content (AvgIpc) is 1.95. The summed E-state index contributed by atoms with van der Waals surface area (Å²) in [4.78, 5) is 10.5. The van der Waals surface area contributed by atoms with Gasteiger partial charge in [-0.15, -0.1) is 0 Å². The number of carbonyl (C=O) groups excluding carboxylic acids is 1. The Morgan fingerprint density at radius 3 is 2.58 bits per heavy atom. The van der Waals surface area contributed by atoms with Gasteiger partial charge in [0.25, 0.3) is 0 Å². The van der Waals surface area contributed by atoms with Crippen LogP contribution >= 0.6 is 0 Å². The van der Waals surface area contributed by atoms with E-state index in [0.717, 1.165) is 25.8 Å². The normalized spacial score (nSPS) is 11.4. The van der Waals surface area contributed by atoms with E-state index >= 15 is 0 Å². The van der Waals surface area contributed by atoms with Crippen LogP contribution in [0.5, 0.6) is 0 Å².